The molecular weight excluding hydrogens is 178 g/mol. The van der Waals surface area contributed by atoms with E-state index in [9.17, 15) is 4.79 Å². The van der Waals surface area contributed by atoms with Crippen molar-refractivity contribution in [2.75, 3.05) is 30.8 Å². The number of nitrogen functional groups attached to an aromatic ring is 1. The lowest BCUT2D eigenvalue weighted by molar-refractivity contribution is 0.229. The first-order valence-corrected chi connectivity index (χ1v) is 4.57. The maximum Gasteiger partial charge on any atom is 0.324 e. The van der Waals surface area contributed by atoms with Gasteiger partial charge in [0.15, 0.2) is 0 Å². The Labute approximate surface area is 82.9 Å². The second kappa shape index (κ2) is 3.21. The van der Waals surface area contributed by atoms with Crippen LogP contribution >= 0.6 is 0 Å². The minimum atomic E-state index is 0.0166. The fourth-order valence-corrected chi connectivity index (χ4v) is 1.60. The second-order valence-corrected chi connectivity index (χ2v) is 3.41. The highest BCUT2D eigenvalue weighted by Gasteiger charge is 2.27. The average Bonchev–Trinajstić information content (AvgIpc) is 2.49. The van der Waals surface area contributed by atoms with Crippen molar-refractivity contribution in [1.29, 1.82) is 0 Å². The van der Waals surface area contributed by atoms with Crippen molar-refractivity contribution < 1.29 is 4.79 Å². The van der Waals surface area contributed by atoms with Gasteiger partial charge in [-0.15, -0.1) is 0 Å². The molecule has 2 amide bonds. The molecule has 0 bridgehead atoms. The van der Waals surface area contributed by atoms with E-state index in [1.165, 1.54) is 0 Å². The first-order chi connectivity index (χ1) is 6.70. The molecule has 0 aromatic heterocycles. The van der Waals surface area contributed by atoms with Gasteiger partial charge in [0.05, 0.1) is 11.4 Å². The number of nitrogens with zero attached hydrogens (tertiary/aromatic N) is 2. The topological polar surface area (TPSA) is 49.6 Å². The Kier molecular flexibility index (Phi) is 2.04. The summed E-state index contributed by atoms with van der Waals surface area (Å²) in [6.07, 6.45) is 0. The van der Waals surface area contributed by atoms with Crippen LogP contribution in [0, 0.1) is 0 Å². The third-order valence-electron chi connectivity index (χ3n) is 2.44. The monoisotopic (exact) mass is 191 g/mol. The largest absolute Gasteiger partial charge is 0.397 e. The zero-order valence-electron chi connectivity index (χ0n) is 8.10. The highest BCUT2D eigenvalue weighted by atomic mass is 16.2. The minimum Gasteiger partial charge on any atom is -0.397 e. The van der Waals surface area contributed by atoms with E-state index in [-0.39, 0.29) is 6.03 Å². The third kappa shape index (κ3) is 1.28. The summed E-state index contributed by atoms with van der Waals surface area (Å²) in [5.74, 6) is 0. The molecule has 0 spiro atoms. The molecule has 4 nitrogen and oxygen atoms in total. The van der Waals surface area contributed by atoms with Gasteiger partial charge in [0.1, 0.15) is 0 Å². The van der Waals surface area contributed by atoms with Crippen molar-refractivity contribution in [1.82, 2.24) is 4.90 Å². The van der Waals surface area contributed by atoms with Crippen LogP contribution in [0.2, 0.25) is 0 Å². The van der Waals surface area contributed by atoms with Crippen LogP contribution < -0.4 is 10.6 Å². The summed E-state index contributed by atoms with van der Waals surface area (Å²) in [6.45, 7) is 1.47. The molecule has 2 rings (SSSR count). The van der Waals surface area contributed by atoms with Crippen molar-refractivity contribution in [2.24, 2.45) is 0 Å². The van der Waals surface area contributed by atoms with E-state index in [0.717, 1.165) is 12.2 Å². The zero-order valence-corrected chi connectivity index (χ0v) is 8.10. The molecule has 0 atom stereocenters. The van der Waals surface area contributed by atoms with E-state index >= 15 is 0 Å². The van der Waals surface area contributed by atoms with Gasteiger partial charge in [0.25, 0.3) is 0 Å². The lowest BCUT2D eigenvalue weighted by Gasteiger charge is -2.17. The number of carbonyl (C=O) groups is 1. The maximum absolute atomic E-state index is 11.7. The standard InChI is InChI=1S/C10H13N3O/c1-12-6-7-13(10(12)14)9-5-3-2-4-8(9)11/h2-5H,6-7,11H2,1H3. The predicted octanol–water partition coefficient (Wildman–Crippen LogP) is 1.14. The van der Waals surface area contributed by atoms with Gasteiger partial charge in [-0.1, -0.05) is 12.1 Å². The fraction of sp³-hybridized carbons (Fsp3) is 0.300. The first-order valence-electron chi connectivity index (χ1n) is 4.57. The van der Waals surface area contributed by atoms with Gasteiger partial charge in [0, 0.05) is 20.1 Å². The molecule has 1 aliphatic rings. The number of urea groups is 1. The number of amides is 2. The molecule has 74 valence electrons. The van der Waals surface area contributed by atoms with Gasteiger partial charge in [-0.2, -0.15) is 0 Å². The number of carbonyl (C=O) groups excluding carboxylic acids is 1. The predicted molar refractivity (Wildman–Crippen MR) is 56.2 cm³/mol. The molecule has 1 fully saturated rings. The molecule has 1 heterocycles. The molecular formula is C10H13N3O. The normalized spacial score (nSPS) is 16.5. The number of nitrogens with two attached hydrogens (primary N) is 1. The molecule has 0 unspecified atom stereocenters. The van der Waals surface area contributed by atoms with Gasteiger partial charge in [-0.3, -0.25) is 4.90 Å². The Bertz CT molecular complexity index is 364. The van der Waals surface area contributed by atoms with Crippen LogP contribution in [0.5, 0.6) is 0 Å². The van der Waals surface area contributed by atoms with Gasteiger partial charge in [-0.05, 0) is 12.1 Å². The van der Waals surface area contributed by atoms with Gasteiger partial charge in [-0.25, -0.2) is 4.79 Å². The minimum absolute atomic E-state index is 0.0166. The molecule has 1 saturated heterocycles. The lowest BCUT2D eigenvalue weighted by atomic mass is 10.2. The Morgan fingerprint density at radius 3 is 2.57 bits per heavy atom. The Morgan fingerprint density at radius 2 is 2.00 bits per heavy atom. The number of likely N-dealkylation sites (N-methyl/N-ethyl adjacent to an activating group) is 1. The average molecular weight is 191 g/mol. The van der Waals surface area contributed by atoms with Crippen molar-refractivity contribution in [3.8, 4) is 0 Å². The fourth-order valence-electron chi connectivity index (χ4n) is 1.60. The van der Waals surface area contributed by atoms with E-state index in [1.807, 2.05) is 18.2 Å². The van der Waals surface area contributed by atoms with Crippen molar-refractivity contribution in [3.05, 3.63) is 24.3 Å². The number of hydrogen-bond donors (Lipinski definition) is 1. The van der Waals surface area contributed by atoms with E-state index < -0.39 is 0 Å². The van der Waals surface area contributed by atoms with Gasteiger partial charge >= 0.3 is 6.03 Å². The quantitative estimate of drug-likeness (QED) is 0.677. The van der Waals surface area contributed by atoms with Crippen molar-refractivity contribution in [2.45, 2.75) is 0 Å². The summed E-state index contributed by atoms with van der Waals surface area (Å²) in [5, 5.41) is 0. The molecule has 1 aromatic rings. The Morgan fingerprint density at radius 1 is 1.29 bits per heavy atom. The van der Waals surface area contributed by atoms with Crippen LogP contribution in [-0.4, -0.2) is 31.1 Å². The second-order valence-electron chi connectivity index (χ2n) is 3.41. The summed E-state index contributed by atoms with van der Waals surface area (Å²) in [7, 11) is 1.79. The van der Waals surface area contributed by atoms with Crippen LogP contribution in [0.25, 0.3) is 0 Å². The summed E-state index contributed by atoms with van der Waals surface area (Å²) >= 11 is 0. The number of rotatable bonds is 1. The van der Waals surface area contributed by atoms with E-state index in [1.54, 1.807) is 22.9 Å². The summed E-state index contributed by atoms with van der Waals surface area (Å²) in [6, 6.07) is 7.44. The third-order valence-corrected chi connectivity index (χ3v) is 2.44. The molecule has 1 aromatic carbocycles. The smallest absolute Gasteiger partial charge is 0.324 e. The summed E-state index contributed by atoms with van der Waals surface area (Å²) < 4.78 is 0. The maximum atomic E-state index is 11.7. The highest BCUT2D eigenvalue weighted by Crippen LogP contribution is 2.25. The first kappa shape index (κ1) is 8.87. The van der Waals surface area contributed by atoms with E-state index in [2.05, 4.69) is 0 Å². The van der Waals surface area contributed by atoms with Gasteiger partial charge in [0.2, 0.25) is 0 Å². The number of hydrogen-bond acceptors (Lipinski definition) is 2. The van der Waals surface area contributed by atoms with Crippen LogP contribution in [0.3, 0.4) is 0 Å². The number of para-hydroxylation sites is 2. The molecule has 4 heteroatoms. The zero-order chi connectivity index (χ0) is 10.1. The molecule has 2 N–H and O–H groups in total. The lowest BCUT2D eigenvalue weighted by Crippen LogP contribution is -2.29. The number of anilines is 2. The molecule has 14 heavy (non-hydrogen) atoms. The Hall–Kier alpha value is -1.71. The molecule has 0 saturated carbocycles. The molecule has 0 radical (unpaired) electrons. The molecule has 1 aliphatic heterocycles. The van der Waals surface area contributed by atoms with Crippen molar-refractivity contribution >= 4 is 17.4 Å². The van der Waals surface area contributed by atoms with Crippen molar-refractivity contribution in [3.63, 3.8) is 0 Å². The van der Waals surface area contributed by atoms with E-state index in [0.29, 0.717) is 12.2 Å². The highest BCUT2D eigenvalue weighted by molar-refractivity contribution is 5.96. The number of benzene rings is 1. The van der Waals surface area contributed by atoms with E-state index in [4.69, 9.17) is 5.73 Å². The van der Waals surface area contributed by atoms with Crippen LogP contribution in [0.15, 0.2) is 24.3 Å². The van der Waals surface area contributed by atoms with Gasteiger partial charge < -0.3 is 10.6 Å². The van der Waals surface area contributed by atoms with Crippen LogP contribution in [0.1, 0.15) is 0 Å². The van der Waals surface area contributed by atoms with Crippen LogP contribution in [-0.2, 0) is 0 Å². The summed E-state index contributed by atoms with van der Waals surface area (Å²) in [5.41, 5.74) is 7.25. The summed E-state index contributed by atoms with van der Waals surface area (Å²) in [4.78, 5) is 15.0. The van der Waals surface area contributed by atoms with Crippen LogP contribution in [0.4, 0.5) is 16.2 Å². The SMILES string of the molecule is CN1CCN(c2ccccc2N)C1=O. The Balaban J connectivity index is 2.33. The molecule has 0 aliphatic carbocycles.